The van der Waals surface area contributed by atoms with Gasteiger partial charge in [0.05, 0.1) is 31.2 Å². The van der Waals surface area contributed by atoms with Gasteiger partial charge in [0.2, 0.25) is 20.2 Å². The number of hydrogen-bond acceptors (Lipinski definition) is 5. The van der Waals surface area contributed by atoms with Crippen molar-refractivity contribution in [2.24, 2.45) is 11.8 Å². The SMILES string of the molecule is C[C@H]1[C@H]([Si](C)(C)F)[C@@H](CC(=O)N(CCO)Cc2ccccc2)O[C@H]1CCc1cccc(NC(=O)C2CCCNC2)c1. The molecule has 0 aliphatic carbocycles. The van der Waals surface area contributed by atoms with Gasteiger partial charge in [0.15, 0.2) is 0 Å². The predicted octanol–water partition coefficient (Wildman–Crippen LogP) is 4.92. The standard InChI is InChI=1S/C32H46FN3O4Si/c1-23-28(15-14-24-11-7-13-27(19-24)35-32(39)26-12-8-16-34-21-26)40-29(31(23)41(2,3)33)20-30(38)36(17-18-37)22-25-9-5-4-6-10-25/h4-7,9-11,13,19,23,26,28-29,31,34,37H,8,12,14-18,20-22H2,1-3H3,(H,35,39)/t23-,26?,28+,29-,31+/m1/s1. The van der Waals surface area contributed by atoms with Crippen LogP contribution < -0.4 is 10.6 Å². The molecule has 7 nitrogen and oxygen atoms in total. The van der Waals surface area contributed by atoms with Crippen molar-refractivity contribution in [3.8, 4) is 0 Å². The zero-order chi connectivity index (χ0) is 29.4. The van der Waals surface area contributed by atoms with Crippen LogP contribution in [0, 0.1) is 11.8 Å². The summed E-state index contributed by atoms with van der Waals surface area (Å²) in [5.41, 5.74) is 2.57. The molecule has 1 unspecified atom stereocenters. The van der Waals surface area contributed by atoms with E-state index in [-0.39, 0.29) is 54.9 Å². The van der Waals surface area contributed by atoms with Crippen LogP contribution in [-0.4, -0.2) is 68.7 Å². The number of hydrogen-bond donors (Lipinski definition) is 3. The van der Waals surface area contributed by atoms with E-state index in [0.29, 0.717) is 19.5 Å². The van der Waals surface area contributed by atoms with Gasteiger partial charge in [-0.25, -0.2) is 0 Å². The zero-order valence-corrected chi connectivity index (χ0v) is 25.7. The van der Waals surface area contributed by atoms with E-state index in [2.05, 4.69) is 17.6 Å². The molecule has 0 aromatic heterocycles. The Morgan fingerprint density at radius 1 is 1.12 bits per heavy atom. The summed E-state index contributed by atoms with van der Waals surface area (Å²) in [6.45, 7) is 7.65. The number of amides is 2. The number of nitrogens with one attached hydrogen (secondary N) is 2. The zero-order valence-electron chi connectivity index (χ0n) is 24.7. The van der Waals surface area contributed by atoms with Crippen molar-refractivity contribution in [3.05, 3.63) is 65.7 Å². The molecule has 5 atom stereocenters. The molecule has 0 radical (unpaired) electrons. The molecule has 2 heterocycles. The molecule has 2 aromatic carbocycles. The van der Waals surface area contributed by atoms with Crippen LogP contribution in [0.5, 0.6) is 0 Å². The highest BCUT2D eigenvalue weighted by atomic mass is 28.4. The molecule has 0 spiro atoms. The van der Waals surface area contributed by atoms with Gasteiger partial charge in [-0.2, -0.15) is 0 Å². The molecule has 2 aliphatic heterocycles. The maximum Gasteiger partial charge on any atom is 0.246 e. The number of ether oxygens (including phenoxy) is 1. The van der Waals surface area contributed by atoms with E-state index in [1.54, 1.807) is 18.0 Å². The first-order valence-electron chi connectivity index (χ1n) is 15.0. The van der Waals surface area contributed by atoms with Crippen molar-refractivity contribution in [2.75, 3.05) is 31.6 Å². The average Bonchev–Trinajstić information content (AvgIpc) is 3.27. The number of aryl methyl sites for hydroxylation is 1. The molecule has 0 bridgehead atoms. The Balaban J connectivity index is 1.38. The van der Waals surface area contributed by atoms with Gasteiger partial charge in [-0.1, -0.05) is 49.4 Å². The van der Waals surface area contributed by atoms with Crippen molar-refractivity contribution in [1.29, 1.82) is 0 Å². The predicted molar refractivity (Wildman–Crippen MR) is 163 cm³/mol. The van der Waals surface area contributed by atoms with Gasteiger partial charge in [-0.3, -0.25) is 9.59 Å². The first-order chi connectivity index (χ1) is 19.7. The van der Waals surface area contributed by atoms with Crippen LogP contribution in [0.2, 0.25) is 18.6 Å². The number of nitrogens with zero attached hydrogens (tertiary/aromatic N) is 1. The van der Waals surface area contributed by atoms with Crippen LogP contribution in [0.1, 0.15) is 43.7 Å². The van der Waals surface area contributed by atoms with Gasteiger partial charge in [0.25, 0.3) is 0 Å². The fourth-order valence-corrected chi connectivity index (χ4v) is 9.07. The summed E-state index contributed by atoms with van der Waals surface area (Å²) in [5, 5.41) is 16.0. The third kappa shape index (κ3) is 8.70. The molecule has 224 valence electrons. The van der Waals surface area contributed by atoms with E-state index in [1.165, 1.54) is 0 Å². The molecular weight excluding hydrogens is 537 g/mol. The largest absolute Gasteiger partial charge is 0.395 e. The smallest absolute Gasteiger partial charge is 0.246 e. The lowest BCUT2D eigenvalue weighted by molar-refractivity contribution is -0.135. The molecule has 2 amide bonds. The van der Waals surface area contributed by atoms with Crippen LogP contribution in [0.15, 0.2) is 54.6 Å². The Morgan fingerprint density at radius 3 is 2.56 bits per heavy atom. The molecule has 3 N–H and O–H groups in total. The second-order valence-corrected chi connectivity index (χ2v) is 16.0. The highest BCUT2D eigenvalue weighted by Gasteiger charge is 2.51. The Morgan fingerprint density at radius 2 is 1.88 bits per heavy atom. The molecule has 2 fully saturated rings. The minimum atomic E-state index is -3.14. The van der Waals surface area contributed by atoms with Gasteiger partial charge >= 0.3 is 0 Å². The number of aliphatic hydroxyl groups excluding tert-OH is 1. The van der Waals surface area contributed by atoms with Crippen molar-refractivity contribution < 1.29 is 23.5 Å². The van der Waals surface area contributed by atoms with E-state index >= 15 is 4.11 Å². The summed E-state index contributed by atoms with van der Waals surface area (Å²) >= 11 is 0. The maximum absolute atomic E-state index is 15.7. The maximum atomic E-state index is 15.7. The summed E-state index contributed by atoms with van der Waals surface area (Å²) in [4.78, 5) is 27.7. The highest BCUT2D eigenvalue weighted by molar-refractivity contribution is 6.72. The molecular formula is C32H46FN3O4Si. The van der Waals surface area contributed by atoms with Crippen molar-refractivity contribution in [1.82, 2.24) is 10.2 Å². The number of benzene rings is 2. The summed E-state index contributed by atoms with van der Waals surface area (Å²) in [7, 11) is -3.14. The Bertz CT molecular complexity index is 1140. The van der Waals surface area contributed by atoms with Crippen molar-refractivity contribution in [3.63, 3.8) is 0 Å². The molecule has 2 aromatic rings. The Labute approximate surface area is 245 Å². The second kappa shape index (κ2) is 14.5. The molecule has 2 aliphatic rings. The van der Waals surface area contributed by atoms with Gasteiger partial charge in [-0.15, -0.1) is 0 Å². The first-order valence-corrected chi connectivity index (χ1v) is 18.0. The molecule has 4 rings (SSSR count). The second-order valence-electron chi connectivity index (χ2n) is 12.2. The fraction of sp³-hybridized carbons (Fsp3) is 0.562. The molecule has 2 saturated heterocycles. The van der Waals surface area contributed by atoms with Crippen LogP contribution in [0.25, 0.3) is 0 Å². The average molecular weight is 584 g/mol. The lowest BCUT2D eigenvalue weighted by Crippen LogP contribution is -2.40. The highest BCUT2D eigenvalue weighted by Crippen LogP contribution is 2.47. The van der Waals surface area contributed by atoms with Gasteiger partial charge in [0.1, 0.15) is 0 Å². The van der Waals surface area contributed by atoms with Gasteiger partial charge < -0.3 is 29.5 Å². The van der Waals surface area contributed by atoms with Crippen LogP contribution in [0.4, 0.5) is 9.80 Å². The van der Waals surface area contributed by atoms with Crippen molar-refractivity contribution >= 4 is 25.9 Å². The van der Waals surface area contributed by atoms with Crippen LogP contribution in [-0.2, 0) is 27.3 Å². The number of anilines is 1. The quantitative estimate of drug-likeness (QED) is 0.244. The summed E-state index contributed by atoms with van der Waals surface area (Å²) in [6.07, 6.45) is 2.82. The third-order valence-electron chi connectivity index (χ3n) is 8.59. The van der Waals surface area contributed by atoms with E-state index < -0.39 is 14.5 Å². The van der Waals surface area contributed by atoms with Gasteiger partial charge in [0, 0.05) is 30.9 Å². The topological polar surface area (TPSA) is 90.9 Å². The Kier molecular flexibility index (Phi) is 11.1. The number of carbonyl (C=O) groups is 2. The lowest BCUT2D eigenvalue weighted by atomic mass is 9.95. The minimum Gasteiger partial charge on any atom is -0.395 e. The van der Waals surface area contributed by atoms with E-state index in [9.17, 15) is 14.7 Å². The first kappa shape index (κ1) is 31.3. The Hall–Kier alpha value is -2.59. The van der Waals surface area contributed by atoms with Crippen LogP contribution in [0.3, 0.4) is 0 Å². The van der Waals surface area contributed by atoms with E-state index in [1.807, 2.05) is 54.6 Å². The minimum absolute atomic E-state index is 0.00839. The van der Waals surface area contributed by atoms with Crippen LogP contribution >= 0.6 is 0 Å². The summed E-state index contributed by atoms with van der Waals surface area (Å²) < 4.78 is 22.1. The van der Waals surface area contributed by atoms with Crippen molar-refractivity contribution in [2.45, 2.75) is 76.4 Å². The normalized spacial score (nSPS) is 24.7. The molecule has 0 saturated carbocycles. The molecule has 41 heavy (non-hydrogen) atoms. The number of carbonyl (C=O) groups excluding carboxylic acids is 2. The summed E-state index contributed by atoms with van der Waals surface area (Å²) in [6, 6.07) is 17.6. The monoisotopic (exact) mass is 583 g/mol. The molecule has 9 heteroatoms. The van der Waals surface area contributed by atoms with Gasteiger partial charge in [-0.05, 0) is 74.5 Å². The lowest BCUT2D eigenvalue weighted by Gasteiger charge is -2.30. The number of rotatable bonds is 12. The summed E-state index contributed by atoms with van der Waals surface area (Å²) in [5.74, 6) is -0.0942. The number of halogens is 1. The number of piperidine rings is 1. The number of aliphatic hydroxyl groups is 1. The van der Waals surface area contributed by atoms with E-state index in [0.717, 1.165) is 42.6 Å². The fourth-order valence-electron chi connectivity index (χ4n) is 6.53. The third-order valence-corrected chi connectivity index (χ3v) is 11.1. The van der Waals surface area contributed by atoms with E-state index in [4.69, 9.17) is 4.74 Å².